The minimum atomic E-state index is -0.116. The van der Waals surface area contributed by atoms with Crippen LogP contribution in [0.3, 0.4) is 0 Å². The van der Waals surface area contributed by atoms with Crippen molar-refractivity contribution in [2.24, 2.45) is 5.73 Å². The molecule has 5 heteroatoms. The molecular weight excluding hydrogens is 318 g/mol. The molecule has 1 aromatic carbocycles. The van der Waals surface area contributed by atoms with Crippen molar-refractivity contribution >= 4 is 15.9 Å². The lowest BCUT2D eigenvalue weighted by Crippen LogP contribution is -2.08. The Balaban J connectivity index is 2.16. The first kappa shape index (κ1) is 14.5. The average molecular weight is 332 g/mol. The van der Waals surface area contributed by atoms with Crippen molar-refractivity contribution in [3.8, 4) is 11.8 Å². The summed E-state index contributed by atoms with van der Waals surface area (Å²) >= 11 is 3.42. The van der Waals surface area contributed by atoms with Crippen LogP contribution in [0, 0.1) is 11.3 Å². The molecule has 0 saturated carbocycles. The summed E-state index contributed by atoms with van der Waals surface area (Å²) in [7, 11) is 0. The van der Waals surface area contributed by atoms with Gasteiger partial charge in [0.15, 0.2) is 0 Å². The minimum Gasteiger partial charge on any atom is -0.489 e. The van der Waals surface area contributed by atoms with E-state index in [1.54, 1.807) is 12.3 Å². The molecule has 4 nitrogen and oxygen atoms in total. The van der Waals surface area contributed by atoms with Crippen LogP contribution in [-0.2, 0) is 6.61 Å². The third-order valence-corrected chi connectivity index (χ3v) is 3.29. The molecule has 0 spiro atoms. The van der Waals surface area contributed by atoms with Crippen LogP contribution >= 0.6 is 15.9 Å². The van der Waals surface area contributed by atoms with E-state index in [-0.39, 0.29) is 6.04 Å². The average Bonchev–Trinajstić information content (AvgIpc) is 2.46. The maximum atomic E-state index is 8.82. The number of hydrogen-bond donors (Lipinski definition) is 1. The molecule has 102 valence electrons. The van der Waals surface area contributed by atoms with Gasteiger partial charge in [0.2, 0.25) is 0 Å². The Bertz CT molecular complexity index is 650. The second kappa shape index (κ2) is 6.51. The molecule has 1 atom stereocenters. The molecule has 2 aromatic rings. The van der Waals surface area contributed by atoms with Gasteiger partial charge in [-0.2, -0.15) is 5.26 Å². The van der Waals surface area contributed by atoms with E-state index < -0.39 is 0 Å². The lowest BCUT2D eigenvalue weighted by Gasteiger charge is -2.14. The molecule has 0 radical (unpaired) electrons. The van der Waals surface area contributed by atoms with Crippen LogP contribution in [0.1, 0.15) is 29.8 Å². The molecule has 0 aliphatic heterocycles. The molecule has 0 fully saturated rings. The third kappa shape index (κ3) is 3.56. The van der Waals surface area contributed by atoms with Gasteiger partial charge in [0, 0.05) is 22.3 Å². The topological polar surface area (TPSA) is 71.9 Å². The largest absolute Gasteiger partial charge is 0.489 e. The van der Waals surface area contributed by atoms with Crippen molar-refractivity contribution in [2.75, 3.05) is 0 Å². The highest BCUT2D eigenvalue weighted by Crippen LogP contribution is 2.28. The maximum absolute atomic E-state index is 8.82. The number of benzene rings is 1. The summed E-state index contributed by atoms with van der Waals surface area (Å²) in [5.41, 5.74) is 8.16. The molecule has 2 rings (SSSR count). The molecular formula is C15H14BrN3O. The maximum Gasteiger partial charge on any atom is 0.140 e. The highest BCUT2D eigenvalue weighted by Gasteiger charge is 2.09. The molecule has 0 saturated heterocycles. The monoisotopic (exact) mass is 331 g/mol. The highest BCUT2D eigenvalue weighted by molar-refractivity contribution is 9.10. The van der Waals surface area contributed by atoms with E-state index in [1.165, 1.54) is 0 Å². The van der Waals surface area contributed by atoms with Gasteiger partial charge in [-0.15, -0.1) is 0 Å². The van der Waals surface area contributed by atoms with Gasteiger partial charge in [-0.05, 0) is 42.8 Å². The normalized spacial score (nSPS) is 11.7. The number of nitrogens with two attached hydrogens (primary N) is 1. The van der Waals surface area contributed by atoms with Gasteiger partial charge < -0.3 is 10.5 Å². The lowest BCUT2D eigenvalue weighted by molar-refractivity contribution is 0.301. The Morgan fingerprint density at radius 1 is 1.40 bits per heavy atom. The van der Waals surface area contributed by atoms with Gasteiger partial charge >= 0.3 is 0 Å². The first-order valence-electron chi connectivity index (χ1n) is 6.13. The van der Waals surface area contributed by atoms with Crippen molar-refractivity contribution < 1.29 is 4.74 Å². The number of hydrogen-bond acceptors (Lipinski definition) is 4. The summed E-state index contributed by atoms with van der Waals surface area (Å²) in [5, 5.41) is 8.82. The number of rotatable bonds is 4. The Kier molecular flexibility index (Phi) is 4.72. The first-order chi connectivity index (χ1) is 9.60. The summed E-state index contributed by atoms with van der Waals surface area (Å²) in [5.74, 6) is 0.749. The quantitative estimate of drug-likeness (QED) is 0.932. The molecule has 1 heterocycles. The van der Waals surface area contributed by atoms with E-state index in [0.29, 0.717) is 12.3 Å². The van der Waals surface area contributed by atoms with Crippen molar-refractivity contribution in [3.63, 3.8) is 0 Å². The predicted octanol–water partition coefficient (Wildman–Crippen LogP) is 3.31. The standard InChI is InChI=1S/C15H14BrN3O/c1-10(18)14-7-12(16)2-3-15(14)20-9-11-4-5-19-13(6-11)8-17/h2-7,10H,9,18H2,1H3/t10-/m0/s1. The zero-order chi connectivity index (χ0) is 14.5. The molecule has 2 N–H and O–H groups in total. The van der Waals surface area contributed by atoms with E-state index >= 15 is 0 Å². The third-order valence-electron chi connectivity index (χ3n) is 2.80. The predicted molar refractivity (Wildman–Crippen MR) is 80.0 cm³/mol. The zero-order valence-corrected chi connectivity index (χ0v) is 12.6. The molecule has 0 aliphatic rings. The van der Waals surface area contributed by atoms with Crippen LogP contribution in [0.25, 0.3) is 0 Å². The Morgan fingerprint density at radius 3 is 2.90 bits per heavy atom. The minimum absolute atomic E-state index is 0.116. The number of ether oxygens (including phenoxy) is 1. The van der Waals surface area contributed by atoms with E-state index in [2.05, 4.69) is 20.9 Å². The molecule has 0 unspecified atom stereocenters. The molecule has 20 heavy (non-hydrogen) atoms. The second-order valence-electron chi connectivity index (χ2n) is 4.42. The van der Waals surface area contributed by atoms with Gasteiger partial charge in [0.25, 0.3) is 0 Å². The van der Waals surface area contributed by atoms with Gasteiger partial charge in [0.1, 0.15) is 24.1 Å². The van der Waals surface area contributed by atoms with Crippen molar-refractivity contribution in [3.05, 3.63) is 57.8 Å². The fourth-order valence-electron chi connectivity index (χ4n) is 1.79. The second-order valence-corrected chi connectivity index (χ2v) is 5.34. The highest BCUT2D eigenvalue weighted by atomic mass is 79.9. The Hall–Kier alpha value is -1.90. The molecule has 0 aliphatic carbocycles. The number of nitrogens with zero attached hydrogens (tertiary/aromatic N) is 2. The summed E-state index contributed by atoms with van der Waals surface area (Å²) in [4.78, 5) is 3.93. The summed E-state index contributed by atoms with van der Waals surface area (Å²) in [6.45, 7) is 2.29. The van der Waals surface area contributed by atoms with Gasteiger partial charge in [-0.1, -0.05) is 15.9 Å². The van der Waals surface area contributed by atoms with E-state index in [1.807, 2.05) is 37.3 Å². The Morgan fingerprint density at radius 2 is 2.20 bits per heavy atom. The summed E-state index contributed by atoms with van der Waals surface area (Å²) in [6, 6.07) is 11.2. The first-order valence-corrected chi connectivity index (χ1v) is 6.92. The number of nitriles is 1. The molecule has 1 aromatic heterocycles. The fraction of sp³-hybridized carbons (Fsp3) is 0.200. The number of halogens is 1. The van der Waals surface area contributed by atoms with E-state index in [9.17, 15) is 0 Å². The lowest BCUT2D eigenvalue weighted by atomic mass is 10.1. The van der Waals surface area contributed by atoms with Crippen LogP contribution in [0.2, 0.25) is 0 Å². The van der Waals surface area contributed by atoms with E-state index in [0.717, 1.165) is 21.3 Å². The van der Waals surface area contributed by atoms with E-state index in [4.69, 9.17) is 15.7 Å². The van der Waals surface area contributed by atoms with Gasteiger partial charge in [-0.3, -0.25) is 0 Å². The van der Waals surface area contributed by atoms with Crippen molar-refractivity contribution in [1.29, 1.82) is 5.26 Å². The van der Waals surface area contributed by atoms with Crippen LogP contribution in [0.4, 0.5) is 0 Å². The van der Waals surface area contributed by atoms with Crippen LogP contribution in [0.15, 0.2) is 41.0 Å². The van der Waals surface area contributed by atoms with Crippen molar-refractivity contribution in [2.45, 2.75) is 19.6 Å². The number of pyridine rings is 1. The summed E-state index contributed by atoms with van der Waals surface area (Å²) < 4.78 is 6.77. The Labute approximate surface area is 126 Å². The smallest absolute Gasteiger partial charge is 0.140 e. The molecule has 0 amide bonds. The van der Waals surface area contributed by atoms with Gasteiger partial charge in [0.05, 0.1) is 0 Å². The zero-order valence-electron chi connectivity index (χ0n) is 11.0. The van der Waals surface area contributed by atoms with Crippen LogP contribution in [-0.4, -0.2) is 4.98 Å². The van der Waals surface area contributed by atoms with Crippen LogP contribution in [0.5, 0.6) is 5.75 Å². The summed E-state index contributed by atoms with van der Waals surface area (Å²) in [6.07, 6.45) is 1.60. The number of aromatic nitrogens is 1. The SMILES string of the molecule is C[C@H](N)c1cc(Br)ccc1OCc1ccnc(C#N)c1. The van der Waals surface area contributed by atoms with Crippen LogP contribution < -0.4 is 10.5 Å². The van der Waals surface area contributed by atoms with Gasteiger partial charge in [-0.25, -0.2) is 4.98 Å². The van der Waals surface area contributed by atoms with Crippen molar-refractivity contribution in [1.82, 2.24) is 4.98 Å². The molecule has 0 bridgehead atoms. The fourth-order valence-corrected chi connectivity index (χ4v) is 2.17.